The van der Waals surface area contributed by atoms with Crippen LogP contribution in [0.3, 0.4) is 0 Å². The number of carbonyl (C=O) groups is 5. The number of phenolic OH excluding ortho intramolecular Hbond substituents is 1. The maximum Gasteiger partial charge on any atom is 0.376 e. The fourth-order valence-corrected chi connectivity index (χ4v) is 18.4. The van der Waals surface area contributed by atoms with Gasteiger partial charge in [0.05, 0.1) is 33.0 Å². The molecule has 0 aliphatic carbocycles. The van der Waals surface area contributed by atoms with E-state index in [0.29, 0.717) is 32.7 Å². The number of phenols is 1. The van der Waals surface area contributed by atoms with Gasteiger partial charge in [0.2, 0.25) is 11.3 Å². The fourth-order valence-electron chi connectivity index (χ4n) is 11.5. The third-order valence-electron chi connectivity index (χ3n) is 16.6. The van der Waals surface area contributed by atoms with Crippen LogP contribution in [0.15, 0.2) is 285 Å². The second kappa shape index (κ2) is 55.6. The van der Waals surface area contributed by atoms with Gasteiger partial charge >= 0.3 is 23.9 Å². The van der Waals surface area contributed by atoms with Gasteiger partial charge in [-0.05, 0) is 180 Å². The fraction of sp³-hybridized carbons (Fsp3) is 0.232. The van der Waals surface area contributed by atoms with E-state index in [1.165, 1.54) is 22.0 Å². The Morgan fingerprint density at radius 2 is 0.719 bits per heavy atom. The van der Waals surface area contributed by atoms with Crippen LogP contribution in [0.2, 0.25) is 0 Å². The summed E-state index contributed by atoms with van der Waals surface area (Å²) in [6, 6.07) is 87.0. The van der Waals surface area contributed by atoms with Gasteiger partial charge in [0.15, 0.2) is 65.5 Å². The average Bonchev–Trinajstić information content (AvgIpc) is 0.733. The van der Waals surface area contributed by atoms with Crippen LogP contribution in [0.25, 0.3) is 6.08 Å². The number of benzene rings is 11. The lowest BCUT2D eigenvalue weighted by Crippen LogP contribution is -3.00. The molecule has 3 atom stereocenters. The Morgan fingerprint density at radius 3 is 1.07 bits per heavy atom. The van der Waals surface area contributed by atoms with E-state index >= 15 is 0 Å². The predicted octanol–water partition coefficient (Wildman–Crippen LogP) is 15.5. The Hall–Kier alpha value is -11.2. The van der Waals surface area contributed by atoms with Gasteiger partial charge in [0.1, 0.15) is 35.4 Å². The van der Waals surface area contributed by atoms with Crippen LogP contribution in [0.1, 0.15) is 88.0 Å². The number of rotatable bonds is 33. The zero-order valence-electron chi connectivity index (χ0n) is 68.2. The average molecular weight is 1740 g/mol. The van der Waals surface area contributed by atoms with Crippen molar-refractivity contribution < 1.29 is 115 Å². The zero-order valence-corrected chi connectivity index (χ0v) is 71.5. The molecule has 0 fully saturated rings. The third kappa shape index (κ3) is 32.0. The van der Waals surface area contributed by atoms with Gasteiger partial charge in [-0.1, -0.05) is 218 Å². The molecule has 26 heteroatoms. The first-order valence-corrected chi connectivity index (χ1v) is 42.2. The standard InChI is InChI=1S/C24H26O3P.C20H20F2O4.C18H15P.C14H10F2O2.C13H16F2O4.C6H11ClO3.ClH/c1-3-26-23(25)24(27-4-2)28(20-14-8-5-9-15-20,21-16-10-6-11-17-21)22-18-12-7-13-19-22;1-3-24-18(20(23)25-4-2)12-15-10-16(21)19(17(22)11-15)26-13-14-8-6-5-7-9-14;1-4-10-16(11-5-1)19(17-12-6-2-7-13-17)18-14-8-3-9-15-18;15-12-6-11(8-17)7-13(16)14(12)18-9-10-4-2-1-3-5-10;1-3-18-11(13(17)19-4-2)7-8-5-9(14)12(16)10(15)6-8;1-3-9-5(7)6(8)10-4-2;/h5-19,24H,3-4H2,1-2H3;5-12H,3-4,13H2,1-2H3;1-15H;1-8H,9H2;5-6,11,16H,3-4,7H2,1-2H3;5H,3-4H2,1-2H3;1H/q+1;;;;;;/p-1/b;18-12-;;;;;. The van der Waals surface area contributed by atoms with Crippen molar-refractivity contribution in [3.8, 4) is 17.2 Å². The molecule has 0 aromatic heterocycles. The molecule has 0 bridgehead atoms. The van der Waals surface area contributed by atoms with Gasteiger partial charge in [-0.25, -0.2) is 45.5 Å². The molecule has 0 amide bonds. The molecule has 11 aromatic rings. The molecule has 0 radical (unpaired) electrons. The molecule has 11 aromatic carbocycles. The number of hydrogen-bond acceptors (Lipinski definition) is 16. The highest BCUT2D eigenvalue weighted by Gasteiger charge is 2.57. The summed E-state index contributed by atoms with van der Waals surface area (Å²) in [5.74, 6) is -10.6. The Morgan fingerprint density at radius 1 is 0.388 bits per heavy atom. The number of carbonyl (C=O) groups excluding carboxylic acids is 5. The third-order valence-corrected chi connectivity index (χ3v) is 23.8. The minimum atomic E-state index is -2.46. The number of aldehydes is 1. The minimum absolute atomic E-state index is 0. The summed E-state index contributed by atoms with van der Waals surface area (Å²) in [7, 11) is -2.91. The summed E-state index contributed by atoms with van der Waals surface area (Å²) in [5, 5.41) is 16.5. The first kappa shape index (κ1) is 100. The highest BCUT2D eigenvalue weighted by Crippen LogP contribution is 2.60. The van der Waals surface area contributed by atoms with Crippen molar-refractivity contribution in [2.24, 2.45) is 0 Å². The molecule has 640 valence electrons. The van der Waals surface area contributed by atoms with E-state index in [1.54, 1.807) is 77.9 Å². The van der Waals surface area contributed by atoms with Crippen molar-refractivity contribution >= 4 is 94.9 Å². The van der Waals surface area contributed by atoms with Crippen LogP contribution < -0.4 is 53.7 Å². The van der Waals surface area contributed by atoms with Crippen LogP contribution in [-0.4, -0.2) is 106 Å². The molecule has 0 aliphatic rings. The normalized spacial score (nSPS) is 11.4. The first-order valence-electron chi connectivity index (χ1n) is 38.6. The number of esters is 4. The van der Waals surface area contributed by atoms with Crippen LogP contribution in [0, 0.1) is 34.9 Å². The van der Waals surface area contributed by atoms with Gasteiger partial charge in [0, 0.05) is 31.8 Å². The van der Waals surface area contributed by atoms with Gasteiger partial charge < -0.3 is 64.9 Å². The largest absolute Gasteiger partial charge is 1.00 e. The molecule has 16 nitrogen and oxygen atoms in total. The molecule has 11 rings (SSSR count). The van der Waals surface area contributed by atoms with Crippen LogP contribution in [0.5, 0.6) is 17.2 Å². The Kier molecular flexibility index (Phi) is 46.1. The molecular formula is C95H98Cl2F6O16P2. The lowest BCUT2D eigenvalue weighted by atomic mass is 10.1. The van der Waals surface area contributed by atoms with Crippen molar-refractivity contribution in [2.75, 3.05) is 52.9 Å². The van der Waals surface area contributed by atoms with E-state index < -0.39 is 103 Å². The first-order chi connectivity index (χ1) is 58.2. The summed E-state index contributed by atoms with van der Waals surface area (Å²) < 4.78 is 133. The monoisotopic (exact) mass is 1740 g/mol. The van der Waals surface area contributed by atoms with Crippen LogP contribution in [-0.2, 0) is 76.7 Å². The topological polar surface area (TPSA) is 198 Å². The molecule has 0 aliphatic heterocycles. The van der Waals surface area contributed by atoms with E-state index in [4.69, 9.17) is 59.3 Å². The minimum Gasteiger partial charge on any atom is -1.00 e. The number of hydrogen-bond donors (Lipinski definition) is 1. The highest BCUT2D eigenvalue weighted by atomic mass is 35.5. The molecule has 0 saturated carbocycles. The summed E-state index contributed by atoms with van der Waals surface area (Å²) in [6.07, 6.45) is 0.663. The van der Waals surface area contributed by atoms with Crippen molar-refractivity contribution in [1.82, 2.24) is 0 Å². The van der Waals surface area contributed by atoms with Gasteiger partial charge in [-0.15, -0.1) is 0 Å². The Labute approximate surface area is 716 Å². The molecule has 0 spiro atoms. The van der Waals surface area contributed by atoms with E-state index in [9.17, 15) is 50.3 Å². The zero-order chi connectivity index (χ0) is 87.0. The molecule has 0 heterocycles. The second-order valence-electron chi connectivity index (χ2n) is 24.9. The van der Waals surface area contributed by atoms with Crippen molar-refractivity contribution in [3.63, 3.8) is 0 Å². The molecule has 3 unspecified atom stereocenters. The summed E-state index contributed by atoms with van der Waals surface area (Å²) >= 11 is 5.41. The number of halogens is 8. The summed E-state index contributed by atoms with van der Waals surface area (Å²) in [6.45, 7) is 16.4. The number of ether oxygens (including phenoxy) is 10. The molecule has 0 saturated heterocycles. The van der Waals surface area contributed by atoms with Crippen molar-refractivity contribution in [1.29, 1.82) is 0 Å². The van der Waals surface area contributed by atoms with Gasteiger partial charge in [-0.3, -0.25) is 4.79 Å². The van der Waals surface area contributed by atoms with Gasteiger partial charge in [-0.2, -0.15) is 0 Å². The van der Waals surface area contributed by atoms with Gasteiger partial charge in [0.25, 0.3) is 5.85 Å². The Balaban J connectivity index is 0.000000263. The van der Waals surface area contributed by atoms with Crippen molar-refractivity contribution in [3.05, 3.63) is 348 Å². The van der Waals surface area contributed by atoms with E-state index in [1.807, 2.05) is 92.7 Å². The molecule has 121 heavy (non-hydrogen) atoms. The van der Waals surface area contributed by atoms with E-state index in [-0.39, 0.29) is 86.9 Å². The predicted molar refractivity (Wildman–Crippen MR) is 460 cm³/mol. The van der Waals surface area contributed by atoms with E-state index in [2.05, 4.69) is 132 Å². The molecule has 1 N–H and O–H groups in total. The number of alkyl halides is 1. The Bertz CT molecular complexity index is 4630. The maximum absolute atomic E-state index is 14.2. The SMILES string of the molecule is CCOC(=O)/C(=C/c1cc(F)c(OCc2ccccc2)c(F)c1)OCC.CCOC(=O)C(Cc1cc(F)c(O)c(F)c1)OCC.CCOC(=O)C(Cl)OCC.CCOC(=O)C(OCC)[P+](c1ccccc1)(c1ccccc1)c1ccccc1.O=Cc1cc(F)c(OCc2ccccc2)c(F)c1.[Cl-].c1ccc(P(c2ccccc2)c2ccccc2)cc1. The quantitative estimate of drug-likeness (QED) is 0.00595. The van der Waals surface area contributed by atoms with Crippen LogP contribution in [0.4, 0.5) is 26.3 Å². The second-order valence-corrected chi connectivity index (χ2v) is 31.0. The van der Waals surface area contributed by atoms with Crippen LogP contribution >= 0.6 is 26.8 Å². The highest BCUT2D eigenvalue weighted by molar-refractivity contribution is 7.96. The number of aromatic hydroxyl groups is 1. The lowest BCUT2D eigenvalue weighted by molar-refractivity contribution is -0.156. The summed E-state index contributed by atoms with van der Waals surface area (Å²) in [4.78, 5) is 57.7. The summed E-state index contributed by atoms with van der Waals surface area (Å²) in [5.41, 5.74) is 0.914. The smallest absolute Gasteiger partial charge is 0.376 e. The lowest BCUT2D eigenvalue weighted by Gasteiger charge is -2.32. The van der Waals surface area contributed by atoms with Crippen molar-refractivity contribution in [2.45, 2.75) is 92.5 Å². The van der Waals surface area contributed by atoms with E-state index in [0.717, 1.165) is 63.4 Å². The maximum atomic E-state index is 14.2. The molecular weight excluding hydrogens is 1640 g/mol.